The lowest BCUT2D eigenvalue weighted by molar-refractivity contribution is 1.19. The number of fused-ring (bicyclic) bond motifs is 6. The largest absolute Gasteiger partial charge is 0.228 e. The Bertz CT molecular complexity index is 3100. The number of rotatable bonds is 6. The predicted molar refractivity (Wildman–Crippen MR) is 240 cm³/mol. The minimum atomic E-state index is 0.704. The van der Waals surface area contributed by atoms with E-state index in [-0.39, 0.29) is 0 Å². The molecule has 0 N–H and O–H groups in total. The Labute approximate surface area is 332 Å². The molecule has 2 nitrogen and oxygen atoms in total. The Morgan fingerprint density at radius 3 is 1.30 bits per heavy atom. The summed E-state index contributed by atoms with van der Waals surface area (Å²) in [7, 11) is 0. The lowest BCUT2D eigenvalue weighted by Gasteiger charge is -2.15. The van der Waals surface area contributed by atoms with Crippen molar-refractivity contribution >= 4 is 63.0 Å². The van der Waals surface area contributed by atoms with Gasteiger partial charge >= 0.3 is 0 Å². The van der Waals surface area contributed by atoms with Gasteiger partial charge in [-0.3, -0.25) is 0 Å². The first kappa shape index (κ1) is 32.7. The summed E-state index contributed by atoms with van der Waals surface area (Å²) < 4.78 is 5.02. The molecule has 4 heteroatoms. The van der Waals surface area contributed by atoms with E-state index in [9.17, 15) is 0 Å². The highest BCUT2D eigenvalue weighted by Crippen LogP contribution is 2.44. The lowest BCUT2D eigenvalue weighted by Crippen LogP contribution is -1.98. The van der Waals surface area contributed by atoms with Crippen molar-refractivity contribution in [1.82, 2.24) is 9.97 Å². The highest BCUT2D eigenvalue weighted by Gasteiger charge is 2.20. The molecule has 0 saturated heterocycles. The Morgan fingerprint density at radius 2 is 0.732 bits per heavy atom. The molecule has 0 aliphatic rings. The maximum atomic E-state index is 5.52. The zero-order chi connectivity index (χ0) is 37.0. The minimum absolute atomic E-state index is 0.704. The summed E-state index contributed by atoms with van der Waals surface area (Å²) >= 11 is 3.67. The fourth-order valence-corrected chi connectivity index (χ4v) is 10.5. The van der Waals surface area contributed by atoms with Crippen molar-refractivity contribution in [1.29, 1.82) is 0 Å². The van der Waals surface area contributed by atoms with Crippen molar-refractivity contribution in [2.24, 2.45) is 0 Å². The van der Waals surface area contributed by atoms with Crippen LogP contribution in [0, 0.1) is 0 Å². The fourth-order valence-electron chi connectivity index (χ4n) is 8.01. The van der Waals surface area contributed by atoms with Crippen molar-refractivity contribution in [2.45, 2.75) is 0 Å². The molecule has 3 heterocycles. The van der Waals surface area contributed by atoms with E-state index in [0.717, 1.165) is 50.3 Å². The molecule has 56 heavy (non-hydrogen) atoms. The van der Waals surface area contributed by atoms with Gasteiger partial charge in [0.25, 0.3) is 0 Å². The zero-order valence-electron chi connectivity index (χ0n) is 30.2. The lowest BCUT2D eigenvalue weighted by atomic mass is 9.93. The molecular formula is C52H32N2S2. The van der Waals surface area contributed by atoms with Crippen LogP contribution >= 0.6 is 22.7 Å². The maximum absolute atomic E-state index is 5.52. The van der Waals surface area contributed by atoms with E-state index in [4.69, 9.17) is 9.97 Å². The number of hydrogen-bond acceptors (Lipinski definition) is 4. The van der Waals surface area contributed by atoms with Crippen LogP contribution in [0.2, 0.25) is 0 Å². The van der Waals surface area contributed by atoms with Crippen molar-refractivity contribution in [3.05, 3.63) is 194 Å². The number of nitrogens with zero attached hydrogens (tertiary/aromatic N) is 2. The van der Waals surface area contributed by atoms with Crippen LogP contribution in [0.3, 0.4) is 0 Å². The molecular weight excluding hydrogens is 717 g/mol. The Morgan fingerprint density at radius 1 is 0.286 bits per heavy atom. The van der Waals surface area contributed by atoms with Crippen LogP contribution in [0.15, 0.2) is 194 Å². The van der Waals surface area contributed by atoms with Crippen LogP contribution < -0.4 is 0 Å². The summed E-state index contributed by atoms with van der Waals surface area (Å²) in [4.78, 5) is 11.0. The Balaban J connectivity index is 1.16. The molecule has 8 aromatic carbocycles. The standard InChI is InChI=1S/C52H32N2S2/c1-3-13-33(14-4-1)34-25-27-35(28-26-34)37-29-30-38(36-15-5-2-6-16-36)45(31-37)52-53-46(43-21-11-19-41-39-17-7-9-23-48(39)55-50(41)43)32-47(54-52)44-22-12-20-42-40-18-8-10-24-49(40)56-51(42)44/h1-32H. The second-order valence-corrected chi connectivity index (χ2v) is 16.2. The van der Waals surface area contributed by atoms with E-state index in [1.165, 1.54) is 51.5 Å². The van der Waals surface area contributed by atoms with Gasteiger partial charge in [-0.15, -0.1) is 22.7 Å². The third kappa shape index (κ3) is 5.62. The van der Waals surface area contributed by atoms with E-state index in [1.54, 1.807) is 0 Å². The molecule has 0 bridgehead atoms. The van der Waals surface area contributed by atoms with Crippen molar-refractivity contribution in [2.75, 3.05) is 0 Å². The normalized spacial score (nSPS) is 11.6. The molecule has 262 valence electrons. The minimum Gasteiger partial charge on any atom is -0.228 e. The third-order valence-corrected chi connectivity index (χ3v) is 13.2. The van der Waals surface area contributed by atoms with Gasteiger partial charge in [0.05, 0.1) is 11.4 Å². The second-order valence-electron chi connectivity index (χ2n) is 14.1. The first-order chi connectivity index (χ1) is 27.7. The summed E-state index contributed by atoms with van der Waals surface area (Å²) in [5, 5.41) is 5.05. The van der Waals surface area contributed by atoms with Gasteiger partial charge in [-0.25, -0.2) is 9.97 Å². The molecule has 0 spiro atoms. The number of hydrogen-bond donors (Lipinski definition) is 0. The highest BCUT2D eigenvalue weighted by atomic mass is 32.1. The van der Waals surface area contributed by atoms with Crippen LogP contribution in [0.1, 0.15) is 0 Å². The first-order valence-electron chi connectivity index (χ1n) is 18.8. The average Bonchev–Trinajstić information content (AvgIpc) is 3.86. The third-order valence-electron chi connectivity index (χ3n) is 10.8. The van der Waals surface area contributed by atoms with Crippen molar-refractivity contribution in [3.8, 4) is 67.3 Å². The van der Waals surface area contributed by atoms with Crippen LogP contribution in [0.4, 0.5) is 0 Å². The molecule has 0 radical (unpaired) electrons. The summed E-state index contributed by atoms with van der Waals surface area (Å²) in [6, 6.07) is 69.6. The van der Waals surface area contributed by atoms with Crippen molar-refractivity contribution in [3.63, 3.8) is 0 Å². The zero-order valence-corrected chi connectivity index (χ0v) is 31.8. The van der Waals surface area contributed by atoms with Gasteiger partial charge in [-0.05, 0) is 57.6 Å². The van der Waals surface area contributed by atoms with E-state index in [2.05, 4.69) is 194 Å². The van der Waals surface area contributed by atoms with Crippen LogP contribution in [0.25, 0.3) is 108 Å². The number of thiophene rings is 2. The van der Waals surface area contributed by atoms with Gasteiger partial charge < -0.3 is 0 Å². The van der Waals surface area contributed by atoms with Gasteiger partial charge in [0.15, 0.2) is 5.82 Å². The van der Waals surface area contributed by atoms with E-state index >= 15 is 0 Å². The molecule has 0 atom stereocenters. The molecule has 0 unspecified atom stereocenters. The molecule has 11 aromatic rings. The molecule has 0 saturated carbocycles. The second kappa shape index (κ2) is 13.5. The fraction of sp³-hybridized carbons (Fsp3) is 0. The highest BCUT2D eigenvalue weighted by molar-refractivity contribution is 7.26. The molecule has 0 aliphatic carbocycles. The molecule has 0 amide bonds. The van der Waals surface area contributed by atoms with Crippen LogP contribution in [0.5, 0.6) is 0 Å². The summed E-state index contributed by atoms with van der Waals surface area (Å²) in [6.45, 7) is 0. The molecule has 0 fully saturated rings. The quantitative estimate of drug-likeness (QED) is 0.169. The topological polar surface area (TPSA) is 25.8 Å². The van der Waals surface area contributed by atoms with Gasteiger partial charge in [-0.2, -0.15) is 0 Å². The van der Waals surface area contributed by atoms with Gasteiger partial charge in [0.2, 0.25) is 0 Å². The predicted octanol–water partition coefficient (Wildman–Crippen LogP) is 15.2. The van der Waals surface area contributed by atoms with E-state index in [0.29, 0.717) is 5.82 Å². The average molecular weight is 749 g/mol. The van der Waals surface area contributed by atoms with Gasteiger partial charge in [0.1, 0.15) is 0 Å². The number of aromatic nitrogens is 2. The summed E-state index contributed by atoms with van der Waals surface area (Å²) in [5.74, 6) is 0.704. The number of benzene rings is 8. The van der Waals surface area contributed by atoms with E-state index < -0.39 is 0 Å². The molecule has 11 rings (SSSR count). The van der Waals surface area contributed by atoms with Crippen molar-refractivity contribution < 1.29 is 0 Å². The molecule has 3 aromatic heterocycles. The first-order valence-corrected chi connectivity index (χ1v) is 20.4. The van der Waals surface area contributed by atoms with Gasteiger partial charge in [0, 0.05) is 57.0 Å². The summed E-state index contributed by atoms with van der Waals surface area (Å²) in [6.07, 6.45) is 0. The monoisotopic (exact) mass is 748 g/mol. The maximum Gasteiger partial charge on any atom is 0.161 e. The van der Waals surface area contributed by atoms with Crippen LogP contribution in [-0.2, 0) is 0 Å². The summed E-state index contributed by atoms with van der Waals surface area (Å²) in [5.41, 5.74) is 11.9. The smallest absolute Gasteiger partial charge is 0.161 e. The molecule has 0 aliphatic heterocycles. The Hall–Kier alpha value is -6.72. The Kier molecular flexibility index (Phi) is 7.90. The van der Waals surface area contributed by atoms with Gasteiger partial charge in [-0.1, -0.05) is 170 Å². The van der Waals surface area contributed by atoms with Crippen LogP contribution in [-0.4, -0.2) is 9.97 Å². The van der Waals surface area contributed by atoms with E-state index in [1.807, 2.05) is 22.7 Å². The SMILES string of the molecule is c1ccc(-c2ccc(-c3ccc(-c4ccccc4)c(-c4nc(-c5cccc6c5sc5ccccc56)cc(-c5cccc6c5sc5ccccc56)n4)c3)cc2)cc1.